The lowest BCUT2D eigenvalue weighted by Gasteiger charge is -2.28. The number of nitrogens with one attached hydrogen (secondary N) is 1. The second-order valence-electron chi connectivity index (χ2n) is 5.39. The van der Waals surface area contributed by atoms with Gasteiger partial charge in [-0.1, -0.05) is 52.3 Å². The van der Waals surface area contributed by atoms with Crippen molar-refractivity contribution in [2.75, 3.05) is 5.32 Å². The lowest BCUT2D eigenvalue weighted by molar-refractivity contribution is -0.141. The fraction of sp³-hybridized carbons (Fsp3) is 0.235. The van der Waals surface area contributed by atoms with E-state index in [4.69, 9.17) is 0 Å². The van der Waals surface area contributed by atoms with Crippen LogP contribution < -0.4 is 5.32 Å². The number of benzene rings is 2. The standard InChI is InChI=1S/C17H18BrNO2/c1-12-8-9-14(10-15(12)18)19-17(2,16(20)21)11-13-6-4-3-5-7-13/h3-10,19H,11H2,1-2H3,(H,20,21). The quantitative estimate of drug-likeness (QED) is 0.849. The number of halogens is 1. The summed E-state index contributed by atoms with van der Waals surface area (Å²) in [5.74, 6) is -0.872. The van der Waals surface area contributed by atoms with Crippen molar-refractivity contribution >= 4 is 27.6 Å². The van der Waals surface area contributed by atoms with E-state index in [0.29, 0.717) is 6.42 Å². The molecule has 0 spiro atoms. The number of anilines is 1. The zero-order valence-electron chi connectivity index (χ0n) is 12.1. The van der Waals surface area contributed by atoms with Crippen molar-refractivity contribution in [2.24, 2.45) is 0 Å². The second-order valence-corrected chi connectivity index (χ2v) is 6.24. The molecule has 0 heterocycles. The van der Waals surface area contributed by atoms with Gasteiger partial charge in [-0.2, -0.15) is 0 Å². The highest BCUT2D eigenvalue weighted by atomic mass is 79.9. The molecule has 0 bridgehead atoms. The molecule has 21 heavy (non-hydrogen) atoms. The van der Waals surface area contributed by atoms with Crippen LogP contribution in [0.4, 0.5) is 5.69 Å². The van der Waals surface area contributed by atoms with Crippen molar-refractivity contribution in [3.05, 3.63) is 64.1 Å². The van der Waals surface area contributed by atoms with Crippen LogP contribution >= 0.6 is 15.9 Å². The Morgan fingerprint density at radius 3 is 2.48 bits per heavy atom. The van der Waals surface area contributed by atoms with E-state index in [2.05, 4.69) is 21.2 Å². The molecule has 3 nitrogen and oxygen atoms in total. The third kappa shape index (κ3) is 3.85. The Morgan fingerprint density at radius 1 is 1.24 bits per heavy atom. The summed E-state index contributed by atoms with van der Waals surface area (Å²) >= 11 is 3.47. The second kappa shape index (κ2) is 6.31. The highest BCUT2D eigenvalue weighted by molar-refractivity contribution is 9.10. The van der Waals surface area contributed by atoms with Crippen molar-refractivity contribution in [3.63, 3.8) is 0 Å². The van der Waals surface area contributed by atoms with Gasteiger partial charge in [0.1, 0.15) is 5.54 Å². The number of carbonyl (C=O) groups is 1. The lowest BCUT2D eigenvalue weighted by Crippen LogP contribution is -2.45. The Hall–Kier alpha value is -1.81. The highest BCUT2D eigenvalue weighted by Gasteiger charge is 2.33. The van der Waals surface area contributed by atoms with E-state index in [0.717, 1.165) is 21.3 Å². The Labute approximate surface area is 133 Å². The number of hydrogen-bond acceptors (Lipinski definition) is 2. The third-order valence-corrected chi connectivity index (χ3v) is 4.32. The minimum Gasteiger partial charge on any atom is -0.480 e. The summed E-state index contributed by atoms with van der Waals surface area (Å²) in [6.07, 6.45) is 0.411. The van der Waals surface area contributed by atoms with Gasteiger partial charge >= 0.3 is 5.97 Å². The van der Waals surface area contributed by atoms with E-state index in [-0.39, 0.29) is 0 Å². The molecule has 0 fully saturated rings. The molecule has 0 aliphatic carbocycles. The zero-order valence-corrected chi connectivity index (χ0v) is 13.6. The van der Waals surface area contributed by atoms with Gasteiger partial charge in [0.2, 0.25) is 0 Å². The van der Waals surface area contributed by atoms with Gasteiger partial charge in [-0.15, -0.1) is 0 Å². The van der Waals surface area contributed by atoms with Crippen molar-refractivity contribution in [1.29, 1.82) is 0 Å². The van der Waals surface area contributed by atoms with Crippen molar-refractivity contribution in [1.82, 2.24) is 0 Å². The van der Waals surface area contributed by atoms with E-state index in [1.165, 1.54) is 0 Å². The van der Waals surface area contributed by atoms with Gasteiger partial charge < -0.3 is 10.4 Å². The van der Waals surface area contributed by atoms with Crippen LogP contribution in [0.5, 0.6) is 0 Å². The first-order valence-corrected chi connectivity index (χ1v) is 7.52. The highest BCUT2D eigenvalue weighted by Crippen LogP contribution is 2.25. The van der Waals surface area contributed by atoms with E-state index < -0.39 is 11.5 Å². The molecule has 2 aromatic carbocycles. The molecule has 0 saturated carbocycles. The number of rotatable bonds is 5. The average molecular weight is 348 g/mol. The fourth-order valence-electron chi connectivity index (χ4n) is 2.17. The molecule has 1 atom stereocenters. The Balaban J connectivity index is 2.25. The topological polar surface area (TPSA) is 49.3 Å². The fourth-order valence-corrected chi connectivity index (χ4v) is 2.55. The molecule has 2 N–H and O–H groups in total. The lowest BCUT2D eigenvalue weighted by atomic mass is 9.92. The smallest absolute Gasteiger partial charge is 0.329 e. The van der Waals surface area contributed by atoms with Gasteiger partial charge in [0.15, 0.2) is 0 Å². The normalized spacial score (nSPS) is 13.5. The molecule has 0 saturated heterocycles. The number of carboxylic acids is 1. The molecule has 4 heteroatoms. The van der Waals surface area contributed by atoms with Crippen LogP contribution in [-0.2, 0) is 11.2 Å². The van der Waals surface area contributed by atoms with E-state index in [1.807, 2.05) is 55.5 Å². The maximum absolute atomic E-state index is 11.7. The van der Waals surface area contributed by atoms with Gasteiger partial charge in [0.05, 0.1) is 0 Å². The maximum atomic E-state index is 11.7. The molecular weight excluding hydrogens is 330 g/mol. The van der Waals surface area contributed by atoms with E-state index in [1.54, 1.807) is 6.92 Å². The summed E-state index contributed by atoms with van der Waals surface area (Å²) in [7, 11) is 0. The summed E-state index contributed by atoms with van der Waals surface area (Å²) < 4.78 is 0.958. The summed E-state index contributed by atoms with van der Waals surface area (Å²) in [6, 6.07) is 15.4. The first-order chi connectivity index (χ1) is 9.90. The predicted octanol–water partition coefficient (Wildman–Crippen LogP) is 4.26. The minimum atomic E-state index is -1.06. The van der Waals surface area contributed by atoms with Gasteiger partial charge in [0, 0.05) is 16.6 Å². The monoisotopic (exact) mass is 347 g/mol. The van der Waals surface area contributed by atoms with Crippen LogP contribution in [0.15, 0.2) is 53.0 Å². The summed E-state index contributed by atoms with van der Waals surface area (Å²) in [4.78, 5) is 11.7. The Kier molecular flexibility index (Phi) is 4.68. The van der Waals surface area contributed by atoms with E-state index in [9.17, 15) is 9.90 Å². The Bertz CT molecular complexity index is 642. The van der Waals surface area contributed by atoms with Crippen molar-refractivity contribution in [3.8, 4) is 0 Å². The van der Waals surface area contributed by atoms with Gasteiger partial charge in [0.25, 0.3) is 0 Å². The molecule has 0 aliphatic rings. The molecule has 110 valence electrons. The number of hydrogen-bond donors (Lipinski definition) is 2. The first-order valence-electron chi connectivity index (χ1n) is 6.72. The number of carboxylic acid groups (broad SMARTS) is 1. The molecule has 2 aromatic rings. The predicted molar refractivity (Wildman–Crippen MR) is 88.7 cm³/mol. The summed E-state index contributed by atoms with van der Waals surface area (Å²) in [5.41, 5.74) is 1.82. The van der Waals surface area contributed by atoms with Crippen molar-refractivity contribution < 1.29 is 9.90 Å². The molecule has 1 unspecified atom stereocenters. The largest absolute Gasteiger partial charge is 0.480 e. The Morgan fingerprint density at radius 2 is 1.90 bits per heavy atom. The van der Waals surface area contributed by atoms with Gasteiger partial charge in [-0.25, -0.2) is 4.79 Å². The SMILES string of the molecule is Cc1ccc(NC(C)(Cc2ccccc2)C(=O)O)cc1Br. The first kappa shape index (κ1) is 15.6. The summed E-state index contributed by atoms with van der Waals surface area (Å²) in [5, 5.41) is 12.7. The summed E-state index contributed by atoms with van der Waals surface area (Å²) in [6.45, 7) is 3.70. The van der Waals surface area contributed by atoms with Crippen LogP contribution in [0.2, 0.25) is 0 Å². The van der Waals surface area contributed by atoms with Crippen LogP contribution in [0.25, 0.3) is 0 Å². The average Bonchev–Trinajstić information content (AvgIpc) is 2.44. The molecular formula is C17H18BrNO2. The minimum absolute atomic E-state index is 0.411. The van der Waals surface area contributed by atoms with Gasteiger partial charge in [-0.05, 0) is 37.1 Å². The number of aryl methyl sites for hydroxylation is 1. The van der Waals surface area contributed by atoms with Crippen LogP contribution in [0.1, 0.15) is 18.1 Å². The van der Waals surface area contributed by atoms with E-state index >= 15 is 0 Å². The maximum Gasteiger partial charge on any atom is 0.329 e. The van der Waals surface area contributed by atoms with Gasteiger partial charge in [-0.3, -0.25) is 0 Å². The molecule has 0 radical (unpaired) electrons. The van der Waals surface area contributed by atoms with Crippen molar-refractivity contribution in [2.45, 2.75) is 25.8 Å². The molecule has 2 rings (SSSR count). The third-order valence-electron chi connectivity index (χ3n) is 3.46. The molecule has 0 amide bonds. The molecule has 0 aliphatic heterocycles. The zero-order chi connectivity index (χ0) is 15.5. The van der Waals surface area contributed by atoms with Crippen LogP contribution in [0, 0.1) is 6.92 Å². The van der Waals surface area contributed by atoms with Crippen LogP contribution in [0.3, 0.4) is 0 Å². The van der Waals surface area contributed by atoms with Crippen LogP contribution in [-0.4, -0.2) is 16.6 Å². The molecule has 0 aromatic heterocycles. The number of aliphatic carboxylic acids is 1.